The molecule has 15 heavy (non-hydrogen) atoms. The maximum Gasteiger partial charge on any atom is 0.223 e. The van der Waals surface area contributed by atoms with E-state index in [4.69, 9.17) is 10.2 Å². The van der Waals surface area contributed by atoms with Crippen LogP contribution < -0.4 is 5.32 Å². The molecule has 0 heterocycles. The van der Waals surface area contributed by atoms with Crippen LogP contribution in [-0.4, -0.2) is 34.9 Å². The van der Waals surface area contributed by atoms with E-state index in [0.29, 0.717) is 0 Å². The van der Waals surface area contributed by atoms with Gasteiger partial charge in [0, 0.05) is 5.92 Å². The minimum Gasteiger partial charge on any atom is -0.394 e. The number of nitrogens with one attached hydrogen (secondary N) is 1. The van der Waals surface area contributed by atoms with Gasteiger partial charge in [0.25, 0.3) is 0 Å². The van der Waals surface area contributed by atoms with Crippen molar-refractivity contribution < 1.29 is 15.0 Å². The van der Waals surface area contributed by atoms with E-state index in [1.165, 1.54) is 6.42 Å². The average Bonchev–Trinajstić information content (AvgIpc) is 2.85. The molecule has 2 fully saturated rings. The van der Waals surface area contributed by atoms with Crippen molar-refractivity contribution in [2.24, 2.45) is 17.8 Å². The maximum absolute atomic E-state index is 11.8. The standard InChI is InChI=1S/C11H19NO3/c1-11(5-13,6-14)12-10(15)9-3-7-2-8(7)4-9/h7-9,13-14H,2-6H2,1H3,(H,12,15). The second kappa shape index (κ2) is 3.76. The second-order valence-corrected chi connectivity index (χ2v) is 5.29. The Balaban J connectivity index is 1.86. The Kier molecular flexibility index (Phi) is 2.73. The SMILES string of the molecule is CC(CO)(CO)NC(=O)C1CC2CC2C1. The topological polar surface area (TPSA) is 69.6 Å². The van der Waals surface area contributed by atoms with Gasteiger partial charge in [-0.1, -0.05) is 0 Å². The van der Waals surface area contributed by atoms with Gasteiger partial charge in [0.2, 0.25) is 5.91 Å². The molecular weight excluding hydrogens is 194 g/mol. The number of rotatable bonds is 4. The first-order valence-electron chi connectivity index (χ1n) is 5.62. The molecule has 0 saturated heterocycles. The summed E-state index contributed by atoms with van der Waals surface area (Å²) in [5, 5.41) is 20.9. The quantitative estimate of drug-likeness (QED) is 0.610. The Morgan fingerprint density at radius 2 is 1.80 bits per heavy atom. The summed E-state index contributed by atoms with van der Waals surface area (Å²) in [4.78, 5) is 11.8. The van der Waals surface area contributed by atoms with E-state index in [0.717, 1.165) is 24.7 Å². The summed E-state index contributed by atoms with van der Waals surface area (Å²) < 4.78 is 0. The van der Waals surface area contributed by atoms with Crippen LogP contribution in [0, 0.1) is 17.8 Å². The molecule has 0 aromatic rings. The van der Waals surface area contributed by atoms with Gasteiger partial charge in [-0.2, -0.15) is 0 Å². The first kappa shape index (κ1) is 10.9. The predicted octanol–water partition coefficient (Wildman–Crippen LogP) is -0.108. The zero-order valence-electron chi connectivity index (χ0n) is 9.07. The third-order valence-corrected chi connectivity index (χ3v) is 3.74. The number of hydrogen-bond donors (Lipinski definition) is 3. The monoisotopic (exact) mass is 213 g/mol. The summed E-state index contributed by atoms with van der Waals surface area (Å²) in [6, 6.07) is 0. The highest BCUT2D eigenvalue weighted by Gasteiger charge is 2.48. The predicted molar refractivity (Wildman–Crippen MR) is 55.0 cm³/mol. The van der Waals surface area contributed by atoms with Crippen molar-refractivity contribution in [1.82, 2.24) is 5.32 Å². The van der Waals surface area contributed by atoms with Gasteiger partial charge in [-0.25, -0.2) is 0 Å². The Morgan fingerprint density at radius 3 is 2.27 bits per heavy atom. The largest absolute Gasteiger partial charge is 0.394 e. The van der Waals surface area contributed by atoms with Crippen LogP contribution in [-0.2, 0) is 4.79 Å². The molecule has 4 nitrogen and oxygen atoms in total. The second-order valence-electron chi connectivity index (χ2n) is 5.29. The zero-order valence-corrected chi connectivity index (χ0v) is 9.07. The summed E-state index contributed by atoms with van der Waals surface area (Å²) in [6.45, 7) is 1.20. The summed E-state index contributed by atoms with van der Waals surface area (Å²) in [5.41, 5.74) is -0.871. The number of carbonyl (C=O) groups excluding carboxylic acids is 1. The smallest absolute Gasteiger partial charge is 0.223 e. The molecule has 2 aliphatic rings. The van der Waals surface area contributed by atoms with Crippen LogP contribution in [0.2, 0.25) is 0 Å². The number of fused-ring (bicyclic) bond motifs is 1. The molecule has 86 valence electrons. The number of aliphatic hydroxyl groups excluding tert-OH is 2. The lowest BCUT2D eigenvalue weighted by atomic mass is 9.99. The van der Waals surface area contributed by atoms with E-state index < -0.39 is 5.54 Å². The highest BCUT2D eigenvalue weighted by atomic mass is 16.3. The fourth-order valence-electron chi connectivity index (χ4n) is 2.46. The molecule has 0 aromatic carbocycles. The normalized spacial score (nSPS) is 33.7. The minimum absolute atomic E-state index is 0.00667. The number of carbonyl (C=O) groups is 1. The zero-order chi connectivity index (χ0) is 11.1. The van der Waals surface area contributed by atoms with Crippen molar-refractivity contribution in [1.29, 1.82) is 0 Å². The fraction of sp³-hybridized carbons (Fsp3) is 0.909. The van der Waals surface area contributed by atoms with E-state index in [1.54, 1.807) is 6.92 Å². The van der Waals surface area contributed by atoms with Crippen molar-refractivity contribution in [2.45, 2.75) is 31.7 Å². The lowest BCUT2D eigenvalue weighted by molar-refractivity contribution is -0.128. The molecular formula is C11H19NO3. The van der Waals surface area contributed by atoms with Gasteiger partial charge in [0.05, 0.1) is 18.8 Å². The van der Waals surface area contributed by atoms with E-state index in [1.807, 2.05) is 0 Å². The van der Waals surface area contributed by atoms with Gasteiger partial charge in [0.1, 0.15) is 0 Å². The molecule has 0 radical (unpaired) electrons. The van der Waals surface area contributed by atoms with Gasteiger partial charge in [0.15, 0.2) is 0 Å². The van der Waals surface area contributed by atoms with Gasteiger partial charge in [-0.05, 0) is 38.0 Å². The van der Waals surface area contributed by atoms with Crippen LogP contribution in [0.5, 0.6) is 0 Å². The lowest BCUT2D eigenvalue weighted by Gasteiger charge is -2.28. The Hall–Kier alpha value is -0.610. The van der Waals surface area contributed by atoms with Gasteiger partial charge >= 0.3 is 0 Å². The molecule has 4 heteroatoms. The molecule has 2 rings (SSSR count). The summed E-state index contributed by atoms with van der Waals surface area (Å²) in [7, 11) is 0. The molecule has 2 saturated carbocycles. The molecule has 0 aromatic heterocycles. The summed E-state index contributed by atoms with van der Waals surface area (Å²) >= 11 is 0. The van der Waals surface area contributed by atoms with Crippen molar-refractivity contribution >= 4 is 5.91 Å². The third-order valence-electron chi connectivity index (χ3n) is 3.74. The molecule has 0 bridgehead atoms. The van der Waals surface area contributed by atoms with E-state index >= 15 is 0 Å². The Morgan fingerprint density at radius 1 is 1.27 bits per heavy atom. The van der Waals surface area contributed by atoms with Crippen molar-refractivity contribution in [3.8, 4) is 0 Å². The molecule has 2 aliphatic carbocycles. The molecule has 0 aliphatic heterocycles. The first-order valence-corrected chi connectivity index (χ1v) is 5.62. The maximum atomic E-state index is 11.8. The van der Waals surface area contributed by atoms with Crippen LogP contribution in [0.1, 0.15) is 26.2 Å². The van der Waals surface area contributed by atoms with Gasteiger partial charge in [-0.15, -0.1) is 0 Å². The minimum atomic E-state index is -0.871. The first-order chi connectivity index (χ1) is 7.08. The number of amides is 1. The van der Waals surface area contributed by atoms with Crippen molar-refractivity contribution in [3.05, 3.63) is 0 Å². The van der Waals surface area contributed by atoms with E-state index in [2.05, 4.69) is 5.32 Å². The van der Waals surface area contributed by atoms with Gasteiger partial charge < -0.3 is 15.5 Å². The average molecular weight is 213 g/mol. The fourth-order valence-corrected chi connectivity index (χ4v) is 2.46. The molecule has 2 atom stereocenters. The number of hydrogen-bond acceptors (Lipinski definition) is 3. The Bertz CT molecular complexity index is 253. The van der Waals surface area contributed by atoms with Crippen LogP contribution in [0.25, 0.3) is 0 Å². The van der Waals surface area contributed by atoms with Crippen LogP contribution in [0.4, 0.5) is 0 Å². The summed E-state index contributed by atoms with van der Waals surface area (Å²) in [6.07, 6.45) is 3.27. The summed E-state index contributed by atoms with van der Waals surface area (Å²) in [5.74, 6) is 1.64. The van der Waals surface area contributed by atoms with E-state index in [9.17, 15) is 4.79 Å². The van der Waals surface area contributed by atoms with Crippen molar-refractivity contribution in [3.63, 3.8) is 0 Å². The third kappa shape index (κ3) is 2.16. The highest BCUT2D eigenvalue weighted by Crippen LogP contribution is 2.54. The highest BCUT2D eigenvalue weighted by molar-refractivity contribution is 5.80. The van der Waals surface area contributed by atoms with Crippen LogP contribution >= 0.6 is 0 Å². The van der Waals surface area contributed by atoms with Crippen LogP contribution in [0.15, 0.2) is 0 Å². The lowest BCUT2D eigenvalue weighted by Crippen LogP contribution is -2.53. The number of aliphatic hydroxyl groups is 2. The molecule has 0 spiro atoms. The molecule has 1 amide bonds. The van der Waals surface area contributed by atoms with Gasteiger partial charge in [-0.3, -0.25) is 4.79 Å². The molecule has 3 N–H and O–H groups in total. The van der Waals surface area contributed by atoms with Crippen LogP contribution in [0.3, 0.4) is 0 Å². The van der Waals surface area contributed by atoms with Crippen molar-refractivity contribution in [2.75, 3.05) is 13.2 Å². The van der Waals surface area contributed by atoms with E-state index in [-0.39, 0.29) is 25.0 Å². The Labute approximate surface area is 89.7 Å². The molecule has 2 unspecified atom stereocenters.